The van der Waals surface area contributed by atoms with Crippen LogP contribution in [0.1, 0.15) is 29.7 Å². The number of aryl methyl sites for hydroxylation is 1. The summed E-state index contributed by atoms with van der Waals surface area (Å²) in [5.41, 5.74) is 2.74. The van der Waals surface area contributed by atoms with Gasteiger partial charge in [0.25, 0.3) is 0 Å². The number of hydrogen-bond donors (Lipinski definition) is 1. The number of hydrogen-bond acceptors (Lipinski definition) is 2. The number of para-hydroxylation sites is 1. The predicted molar refractivity (Wildman–Crippen MR) is 80.6 cm³/mol. The quantitative estimate of drug-likeness (QED) is 0.913. The summed E-state index contributed by atoms with van der Waals surface area (Å²) in [6.07, 6.45) is -0.697. The minimum Gasteiger partial charge on any atom is -0.493 e. The SMILES string of the molecule is CCOc1ccccc1C(O)c1cccc(C)c1Br. The molecule has 0 bridgehead atoms. The van der Waals surface area contributed by atoms with Crippen LogP contribution >= 0.6 is 15.9 Å². The van der Waals surface area contributed by atoms with Gasteiger partial charge in [-0.1, -0.05) is 52.3 Å². The third-order valence-electron chi connectivity index (χ3n) is 3.03. The number of benzene rings is 2. The van der Waals surface area contributed by atoms with Crippen LogP contribution in [0.3, 0.4) is 0 Å². The van der Waals surface area contributed by atoms with Gasteiger partial charge in [-0.25, -0.2) is 0 Å². The van der Waals surface area contributed by atoms with Gasteiger partial charge in [-0.2, -0.15) is 0 Å². The molecule has 100 valence electrons. The van der Waals surface area contributed by atoms with Gasteiger partial charge in [0.2, 0.25) is 0 Å². The van der Waals surface area contributed by atoms with E-state index in [1.165, 1.54) is 0 Å². The molecule has 0 fully saturated rings. The molecule has 19 heavy (non-hydrogen) atoms. The molecule has 0 aromatic heterocycles. The van der Waals surface area contributed by atoms with E-state index in [0.717, 1.165) is 26.9 Å². The summed E-state index contributed by atoms with van der Waals surface area (Å²) < 4.78 is 6.51. The van der Waals surface area contributed by atoms with Crippen LogP contribution in [-0.2, 0) is 0 Å². The zero-order valence-corrected chi connectivity index (χ0v) is 12.6. The van der Waals surface area contributed by atoms with Crippen molar-refractivity contribution in [3.63, 3.8) is 0 Å². The van der Waals surface area contributed by atoms with Crippen molar-refractivity contribution in [3.8, 4) is 5.75 Å². The Kier molecular flexibility index (Phi) is 4.61. The van der Waals surface area contributed by atoms with Gasteiger partial charge in [-0.3, -0.25) is 0 Å². The molecule has 2 aromatic rings. The number of aliphatic hydroxyl groups excluding tert-OH is 1. The first-order valence-corrected chi connectivity index (χ1v) is 7.09. The van der Waals surface area contributed by atoms with Gasteiger partial charge >= 0.3 is 0 Å². The van der Waals surface area contributed by atoms with Crippen molar-refractivity contribution in [1.29, 1.82) is 0 Å². The highest BCUT2D eigenvalue weighted by atomic mass is 79.9. The van der Waals surface area contributed by atoms with E-state index in [9.17, 15) is 5.11 Å². The molecule has 2 nitrogen and oxygen atoms in total. The number of ether oxygens (including phenoxy) is 1. The molecule has 0 spiro atoms. The maximum absolute atomic E-state index is 10.6. The Morgan fingerprint density at radius 1 is 1.11 bits per heavy atom. The molecule has 0 aliphatic rings. The highest BCUT2D eigenvalue weighted by Crippen LogP contribution is 2.34. The molecule has 0 saturated carbocycles. The highest BCUT2D eigenvalue weighted by molar-refractivity contribution is 9.10. The van der Waals surface area contributed by atoms with E-state index in [1.54, 1.807) is 0 Å². The maximum atomic E-state index is 10.6. The van der Waals surface area contributed by atoms with Gasteiger partial charge in [0.15, 0.2) is 0 Å². The summed E-state index contributed by atoms with van der Waals surface area (Å²) >= 11 is 3.54. The van der Waals surface area contributed by atoms with Crippen LogP contribution in [0.25, 0.3) is 0 Å². The minimum atomic E-state index is -0.697. The first-order valence-electron chi connectivity index (χ1n) is 6.30. The monoisotopic (exact) mass is 320 g/mol. The van der Waals surface area contributed by atoms with Crippen LogP contribution in [-0.4, -0.2) is 11.7 Å². The molecule has 3 heteroatoms. The summed E-state index contributed by atoms with van der Waals surface area (Å²) in [6, 6.07) is 13.5. The van der Waals surface area contributed by atoms with Crippen molar-refractivity contribution in [2.24, 2.45) is 0 Å². The first-order chi connectivity index (χ1) is 9.15. The third-order valence-corrected chi connectivity index (χ3v) is 4.11. The lowest BCUT2D eigenvalue weighted by atomic mass is 9.99. The maximum Gasteiger partial charge on any atom is 0.125 e. The van der Waals surface area contributed by atoms with Crippen LogP contribution in [0.4, 0.5) is 0 Å². The fourth-order valence-corrected chi connectivity index (χ4v) is 2.52. The summed E-state index contributed by atoms with van der Waals surface area (Å²) in [4.78, 5) is 0. The smallest absolute Gasteiger partial charge is 0.125 e. The lowest BCUT2D eigenvalue weighted by Gasteiger charge is -2.18. The topological polar surface area (TPSA) is 29.5 Å². The molecular weight excluding hydrogens is 304 g/mol. The van der Waals surface area contributed by atoms with Crippen LogP contribution in [0.5, 0.6) is 5.75 Å². The van der Waals surface area contributed by atoms with Gasteiger partial charge in [-0.05, 0) is 31.0 Å². The Labute approximate surface area is 122 Å². The second-order valence-electron chi connectivity index (χ2n) is 4.35. The van der Waals surface area contributed by atoms with Crippen molar-refractivity contribution in [2.75, 3.05) is 6.61 Å². The molecule has 1 N–H and O–H groups in total. The average molecular weight is 321 g/mol. The Balaban J connectivity index is 2.44. The first kappa shape index (κ1) is 14.1. The molecule has 0 amide bonds. The van der Waals surface area contributed by atoms with E-state index in [1.807, 2.05) is 56.3 Å². The zero-order valence-electron chi connectivity index (χ0n) is 11.1. The Morgan fingerprint density at radius 3 is 2.53 bits per heavy atom. The van der Waals surface area contributed by atoms with Crippen LogP contribution < -0.4 is 4.74 Å². The van der Waals surface area contributed by atoms with Gasteiger partial charge in [0.1, 0.15) is 11.9 Å². The number of halogens is 1. The molecule has 0 aliphatic heterocycles. The molecule has 2 aromatic carbocycles. The molecule has 0 aliphatic carbocycles. The van der Waals surface area contributed by atoms with Crippen molar-refractivity contribution >= 4 is 15.9 Å². The lowest BCUT2D eigenvalue weighted by Crippen LogP contribution is -2.05. The van der Waals surface area contributed by atoms with Crippen LogP contribution in [0.15, 0.2) is 46.9 Å². The fourth-order valence-electron chi connectivity index (χ4n) is 2.04. The van der Waals surface area contributed by atoms with Crippen LogP contribution in [0.2, 0.25) is 0 Å². The van der Waals surface area contributed by atoms with E-state index >= 15 is 0 Å². The molecular formula is C16H17BrO2. The van der Waals surface area contributed by atoms with Crippen molar-refractivity contribution in [3.05, 3.63) is 63.6 Å². The third kappa shape index (κ3) is 2.99. The Bertz CT molecular complexity index is 566. The van der Waals surface area contributed by atoms with Crippen LogP contribution in [0, 0.1) is 6.92 Å². The number of rotatable bonds is 4. The largest absolute Gasteiger partial charge is 0.493 e. The second kappa shape index (κ2) is 6.22. The Morgan fingerprint density at radius 2 is 1.79 bits per heavy atom. The summed E-state index contributed by atoms with van der Waals surface area (Å²) in [7, 11) is 0. The van der Waals surface area contributed by atoms with E-state index < -0.39 is 6.10 Å². The summed E-state index contributed by atoms with van der Waals surface area (Å²) in [6.45, 7) is 4.53. The van der Waals surface area contributed by atoms with Gasteiger partial charge in [-0.15, -0.1) is 0 Å². The van der Waals surface area contributed by atoms with Gasteiger partial charge < -0.3 is 9.84 Å². The van der Waals surface area contributed by atoms with E-state index in [2.05, 4.69) is 15.9 Å². The Hall–Kier alpha value is -1.32. The number of aliphatic hydroxyl groups is 1. The minimum absolute atomic E-state index is 0.582. The van der Waals surface area contributed by atoms with Crippen molar-refractivity contribution in [1.82, 2.24) is 0 Å². The average Bonchev–Trinajstić information content (AvgIpc) is 2.42. The molecule has 1 atom stereocenters. The summed E-state index contributed by atoms with van der Waals surface area (Å²) in [5, 5.41) is 10.6. The molecule has 2 rings (SSSR count). The van der Waals surface area contributed by atoms with E-state index in [0.29, 0.717) is 6.61 Å². The fraction of sp³-hybridized carbons (Fsp3) is 0.250. The second-order valence-corrected chi connectivity index (χ2v) is 5.14. The zero-order chi connectivity index (χ0) is 13.8. The predicted octanol–water partition coefficient (Wildman–Crippen LogP) is 4.24. The van der Waals surface area contributed by atoms with Gasteiger partial charge in [0, 0.05) is 10.0 Å². The standard InChI is InChI=1S/C16H17BrO2/c1-3-19-14-10-5-4-8-12(14)16(18)13-9-6-7-11(2)15(13)17/h4-10,16,18H,3H2,1-2H3. The van der Waals surface area contributed by atoms with E-state index in [4.69, 9.17) is 4.74 Å². The molecule has 0 heterocycles. The normalized spacial score (nSPS) is 12.2. The molecule has 0 saturated heterocycles. The van der Waals surface area contributed by atoms with E-state index in [-0.39, 0.29) is 0 Å². The molecule has 0 radical (unpaired) electrons. The van der Waals surface area contributed by atoms with Gasteiger partial charge in [0.05, 0.1) is 6.61 Å². The molecule has 1 unspecified atom stereocenters. The lowest BCUT2D eigenvalue weighted by molar-refractivity contribution is 0.211. The van der Waals surface area contributed by atoms with Crippen molar-refractivity contribution < 1.29 is 9.84 Å². The summed E-state index contributed by atoms with van der Waals surface area (Å²) in [5.74, 6) is 0.728. The highest BCUT2D eigenvalue weighted by Gasteiger charge is 2.18. The van der Waals surface area contributed by atoms with Crippen molar-refractivity contribution in [2.45, 2.75) is 20.0 Å².